The van der Waals surface area contributed by atoms with Gasteiger partial charge in [0.05, 0.1) is 17.2 Å². The van der Waals surface area contributed by atoms with Crippen molar-refractivity contribution in [3.8, 4) is 11.4 Å². The Morgan fingerprint density at radius 1 is 1.13 bits per heavy atom. The van der Waals surface area contributed by atoms with Crippen LogP contribution in [0.5, 0.6) is 0 Å². The van der Waals surface area contributed by atoms with Gasteiger partial charge in [0.15, 0.2) is 9.84 Å². The fraction of sp³-hybridized carbons (Fsp3) is 0.286. The van der Waals surface area contributed by atoms with Crippen molar-refractivity contribution in [1.82, 2.24) is 9.36 Å². The molecule has 9 heteroatoms. The summed E-state index contributed by atoms with van der Waals surface area (Å²) in [5.41, 5.74) is 4.43. The SMILES string of the molecule is CCc1cc(N2CCS(=O)(=O)CC2)ccc1NC(=O)c1cccc(-c2ccsn2)n1. The second kappa shape index (κ2) is 8.53. The zero-order valence-corrected chi connectivity index (χ0v) is 18.2. The Morgan fingerprint density at radius 2 is 1.93 bits per heavy atom. The highest BCUT2D eigenvalue weighted by Crippen LogP contribution is 2.26. The average Bonchev–Trinajstić information content (AvgIpc) is 3.29. The minimum Gasteiger partial charge on any atom is -0.369 e. The number of carbonyl (C=O) groups is 1. The first-order chi connectivity index (χ1) is 14.4. The standard InChI is InChI=1S/C21H22N4O3S2/c1-2-15-14-16(25-9-12-30(27,28)13-10-25)6-7-17(15)23-21(26)20-5-3-4-18(22-20)19-8-11-29-24-19/h3-8,11,14H,2,9-10,12-13H2,1H3,(H,23,26). The van der Waals surface area contributed by atoms with Gasteiger partial charge in [-0.1, -0.05) is 13.0 Å². The highest BCUT2D eigenvalue weighted by molar-refractivity contribution is 7.91. The lowest BCUT2D eigenvalue weighted by Crippen LogP contribution is -2.40. The van der Waals surface area contributed by atoms with Crippen molar-refractivity contribution >= 4 is 38.7 Å². The lowest BCUT2D eigenvalue weighted by molar-refractivity contribution is 0.102. The summed E-state index contributed by atoms with van der Waals surface area (Å²) >= 11 is 1.34. The van der Waals surface area contributed by atoms with Crippen molar-refractivity contribution in [3.63, 3.8) is 0 Å². The molecular weight excluding hydrogens is 420 g/mol. The molecule has 1 saturated heterocycles. The van der Waals surface area contributed by atoms with Crippen LogP contribution in [0.2, 0.25) is 0 Å². The van der Waals surface area contributed by atoms with Gasteiger partial charge < -0.3 is 10.2 Å². The zero-order chi connectivity index (χ0) is 21.1. The number of pyridine rings is 1. The van der Waals surface area contributed by atoms with Gasteiger partial charge in [0, 0.05) is 29.8 Å². The number of aromatic nitrogens is 2. The van der Waals surface area contributed by atoms with Gasteiger partial charge in [0.25, 0.3) is 5.91 Å². The molecule has 1 aliphatic rings. The van der Waals surface area contributed by atoms with Gasteiger partial charge in [-0.05, 0) is 59.9 Å². The molecule has 3 aromatic rings. The predicted octanol–water partition coefficient (Wildman–Crippen LogP) is 3.25. The summed E-state index contributed by atoms with van der Waals surface area (Å²) < 4.78 is 27.6. The minimum absolute atomic E-state index is 0.175. The topological polar surface area (TPSA) is 92.3 Å². The van der Waals surface area contributed by atoms with E-state index in [1.807, 2.05) is 42.6 Å². The van der Waals surface area contributed by atoms with Crippen LogP contribution < -0.4 is 10.2 Å². The van der Waals surface area contributed by atoms with Crippen LogP contribution in [0.25, 0.3) is 11.4 Å². The molecule has 0 saturated carbocycles. The Morgan fingerprint density at radius 3 is 2.63 bits per heavy atom. The predicted molar refractivity (Wildman–Crippen MR) is 120 cm³/mol. The summed E-state index contributed by atoms with van der Waals surface area (Å²) in [5, 5.41) is 4.83. The molecule has 0 spiro atoms. The van der Waals surface area contributed by atoms with Crippen molar-refractivity contribution in [1.29, 1.82) is 0 Å². The molecule has 3 heterocycles. The number of nitrogens with one attached hydrogen (secondary N) is 1. The highest BCUT2D eigenvalue weighted by atomic mass is 32.2. The maximum atomic E-state index is 12.8. The maximum Gasteiger partial charge on any atom is 0.274 e. The summed E-state index contributed by atoms with van der Waals surface area (Å²) in [6.45, 7) is 3.01. The van der Waals surface area contributed by atoms with Crippen LogP contribution in [-0.4, -0.2) is 48.3 Å². The van der Waals surface area contributed by atoms with E-state index in [0.29, 0.717) is 24.5 Å². The van der Waals surface area contributed by atoms with E-state index in [9.17, 15) is 13.2 Å². The molecule has 2 aromatic heterocycles. The van der Waals surface area contributed by atoms with E-state index in [1.54, 1.807) is 12.1 Å². The van der Waals surface area contributed by atoms with Crippen molar-refractivity contribution in [2.75, 3.05) is 34.8 Å². The lowest BCUT2D eigenvalue weighted by Gasteiger charge is -2.29. The van der Waals surface area contributed by atoms with Crippen LogP contribution in [-0.2, 0) is 16.3 Å². The fourth-order valence-electron chi connectivity index (χ4n) is 3.40. The number of amides is 1. The summed E-state index contributed by atoms with van der Waals surface area (Å²) in [7, 11) is -2.92. The van der Waals surface area contributed by atoms with Crippen molar-refractivity contribution in [2.45, 2.75) is 13.3 Å². The Labute approximate surface area is 179 Å². The van der Waals surface area contributed by atoms with Crippen LogP contribution in [0.1, 0.15) is 23.0 Å². The molecule has 0 unspecified atom stereocenters. The molecule has 0 aliphatic carbocycles. The van der Waals surface area contributed by atoms with E-state index in [-0.39, 0.29) is 17.4 Å². The zero-order valence-electron chi connectivity index (χ0n) is 16.5. The summed E-state index contributed by atoms with van der Waals surface area (Å²) in [5.74, 6) is 0.0700. The molecule has 4 rings (SSSR count). The summed E-state index contributed by atoms with van der Waals surface area (Å²) in [6, 6.07) is 13.0. The second-order valence-corrected chi connectivity index (χ2v) is 10.0. The van der Waals surface area contributed by atoms with Gasteiger partial charge in [-0.2, -0.15) is 4.37 Å². The number of benzene rings is 1. The number of aryl methyl sites for hydroxylation is 1. The van der Waals surface area contributed by atoms with E-state index in [2.05, 4.69) is 19.6 Å². The average molecular weight is 443 g/mol. The quantitative estimate of drug-likeness (QED) is 0.652. The number of rotatable bonds is 5. The molecule has 1 aliphatic heterocycles. The monoisotopic (exact) mass is 442 g/mol. The summed E-state index contributed by atoms with van der Waals surface area (Å²) in [4.78, 5) is 19.3. The first kappa shape index (κ1) is 20.5. The van der Waals surface area contributed by atoms with Crippen LogP contribution >= 0.6 is 11.5 Å². The van der Waals surface area contributed by atoms with Crippen LogP contribution in [0.4, 0.5) is 11.4 Å². The molecular formula is C21H22N4O3S2. The molecule has 0 atom stereocenters. The third kappa shape index (κ3) is 4.52. The lowest BCUT2D eigenvalue weighted by atomic mass is 10.1. The molecule has 7 nitrogen and oxygen atoms in total. The first-order valence-corrected chi connectivity index (χ1v) is 12.4. The number of anilines is 2. The molecule has 1 aromatic carbocycles. The molecule has 0 bridgehead atoms. The largest absolute Gasteiger partial charge is 0.369 e. The highest BCUT2D eigenvalue weighted by Gasteiger charge is 2.22. The molecule has 0 radical (unpaired) electrons. The number of hydrogen-bond acceptors (Lipinski definition) is 7. The van der Waals surface area contributed by atoms with Gasteiger partial charge in [-0.15, -0.1) is 0 Å². The molecule has 1 N–H and O–H groups in total. The van der Waals surface area contributed by atoms with Gasteiger partial charge in [0.2, 0.25) is 0 Å². The molecule has 30 heavy (non-hydrogen) atoms. The van der Waals surface area contributed by atoms with Crippen LogP contribution in [0.15, 0.2) is 47.8 Å². The van der Waals surface area contributed by atoms with Gasteiger partial charge >= 0.3 is 0 Å². The molecule has 156 valence electrons. The third-order valence-corrected chi connectivity index (χ3v) is 7.28. The first-order valence-electron chi connectivity index (χ1n) is 9.72. The van der Waals surface area contributed by atoms with Crippen molar-refractivity contribution in [2.24, 2.45) is 0 Å². The number of sulfone groups is 1. The Balaban J connectivity index is 1.52. The van der Waals surface area contributed by atoms with Crippen LogP contribution in [0.3, 0.4) is 0 Å². The minimum atomic E-state index is -2.92. The van der Waals surface area contributed by atoms with Gasteiger partial charge in [-0.25, -0.2) is 13.4 Å². The van der Waals surface area contributed by atoms with E-state index in [4.69, 9.17) is 0 Å². The molecule has 1 amide bonds. The number of carbonyl (C=O) groups excluding carboxylic acids is 1. The van der Waals surface area contributed by atoms with Gasteiger partial charge in [0.1, 0.15) is 11.4 Å². The van der Waals surface area contributed by atoms with Gasteiger partial charge in [-0.3, -0.25) is 4.79 Å². The second-order valence-electron chi connectivity index (χ2n) is 7.08. The van der Waals surface area contributed by atoms with Crippen LogP contribution in [0, 0.1) is 0 Å². The molecule has 1 fully saturated rings. The maximum absolute atomic E-state index is 12.8. The van der Waals surface area contributed by atoms with Crippen molar-refractivity contribution < 1.29 is 13.2 Å². The van der Waals surface area contributed by atoms with E-state index in [0.717, 1.165) is 29.1 Å². The normalized spacial score (nSPS) is 15.7. The van der Waals surface area contributed by atoms with E-state index >= 15 is 0 Å². The smallest absolute Gasteiger partial charge is 0.274 e. The number of hydrogen-bond donors (Lipinski definition) is 1. The summed E-state index contributed by atoms with van der Waals surface area (Å²) in [6.07, 6.45) is 0.738. The Kier molecular flexibility index (Phi) is 5.83. The van der Waals surface area contributed by atoms with E-state index < -0.39 is 9.84 Å². The third-order valence-electron chi connectivity index (χ3n) is 5.11. The van der Waals surface area contributed by atoms with Crippen molar-refractivity contribution in [3.05, 3.63) is 59.1 Å². The Hall–Kier alpha value is -2.78. The fourth-order valence-corrected chi connectivity index (χ4v) is 5.12. The van der Waals surface area contributed by atoms with E-state index in [1.165, 1.54) is 11.5 Å². The number of nitrogens with zero attached hydrogens (tertiary/aromatic N) is 3. The Bertz CT molecular complexity index is 1150.